The summed E-state index contributed by atoms with van der Waals surface area (Å²) in [7, 11) is 1.63. The smallest absolute Gasteiger partial charge is 0.228 e. The first-order valence-corrected chi connectivity index (χ1v) is 12.9. The maximum Gasteiger partial charge on any atom is 0.228 e. The molecule has 0 heterocycles. The van der Waals surface area contributed by atoms with Gasteiger partial charge in [0.25, 0.3) is 0 Å². The number of unbranched alkanes of at least 4 members (excludes halogenated alkanes) is 4. The van der Waals surface area contributed by atoms with Gasteiger partial charge in [0.15, 0.2) is 5.78 Å². The SMILES string of the molecule is CCCCCCCC(O)CC[C@H](NC(=O)C(C)(C)CO)C(=O)C[C@H](COC)Cc1ccccc1. The monoisotopic (exact) mass is 477 g/mol. The van der Waals surface area contributed by atoms with Crippen molar-refractivity contribution < 1.29 is 24.5 Å². The third-order valence-corrected chi connectivity index (χ3v) is 6.39. The zero-order valence-corrected chi connectivity index (χ0v) is 21.7. The number of amides is 1. The van der Waals surface area contributed by atoms with Crippen molar-refractivity contribution in [3.05, 3.63) is 35.9 Å². The van der Waals surface area contributed by atoms with Gasteiger partial charge in [0.2, 0.25) is 5.91 Å². The van der Waals surface area contributed by atoms with E-state index in [2.05, 4.69) is 12.2 Å². The quantitative estimate of drug-likeness (QED) is 0.256. The summed E-state index contributed by atoms with van der Waals surface area (Å²) in [5.74, 6) is -0.419. The first-order chi connectivity index (χ1) is 16.2. The second-order valence-electron chi connectivity index (χ2n) is 10.2. The number of rotatable bonds is 19. The number of aliphatic hydroxyl groups is 2. The molecule has 3 N–H and O–H groups in total. The standard InChI is InChI=1S/C28H47NO5/c1-5-6-7-8-12-15-24(31)16-17-25(29-27(33)28(2,3)21-30)26(32)19-23(20-34-4)18-22-13-10-9-11-14-22/h9-11,13-14,23-25,30-31H,5-8,12,15-21H2,1-4H3,(H,29,33)/t23-,24?,25+/m1/s1. The lowest BCUT2D eigenvalue weighted by molar-refractivity contribution is -0.135. The number of benzene rings is 1. The lowest BCUT2D eigenvalue weighted by atomic mass is 9.89. The molecule has 1 aromatic rings. The van der Waals surface area contributed by atoms with E-state index in [9.17, 15) is 19.8 Å². The highest BCUT2D eigenvalue weighted by Gasteiger charge is 2.31. The van der Waals surface area contributed by atoms with Crippen LogP contribution in [-0.4, -0.2) is 54.4 Å². The van der Waals surface area contributed by atoms with Gasteiger partial charge >= 0.3 is 0 Å². The van der Waals surface area contributed by atoms with Crippen LogP contribution in [0.1, 0.15) is 84.1 Å². The minimum Gasteiger partial charge on any atom is -0.395 e. The van der Waals surface area contributed by atoms with Gasteiger partial charge in [-0.2, -0.15) is 0 Å². The van der Waals surface area contributed by atoms with Gasteiger partial charge in [-0.05, 0) is 51.0 Å². The number of hydrogen-bond acceptors (Lipinski definition) is 5. The van der Waals surface area contributed by atoms with E-state index >= 15 is 0 Å². The van der Waals surface area contributed by atoms with Crippen LogP contribution in [0.5, 0.6) is 0 Å². The molecule has 0 aromatic heterocycles. The Morgan fingerprint density at radius 2 is 1.71 bits per heavy atom. The van der Waals surface area contributed by atoms with Crippen molar-refractivity contribution >= 4 is 11.7 Å². The van der Waals surface area contributed by atoms with E-state index in [-0.39, 0.29) is 30.6 Å². The summed E-state index contributed by atoms with van der Waals surface area (Å²) in [5, 5.41) is 22.9. The number of ketones is 1. The first kappa shape index (κ1) is 30.3. The topological polar surface area (TPSA) is 95.9 Å². The highest BCUT2D eigenvalue weighted by molar-refractivity contribution is 5.91. The van der Waals surface area contributed by atoms with E-state index < -0.39 is 17.6 Å². The van der Waals surface area contributed by atoms with E-state index in [1.165, 1.54) is 19.3 Å². The number of aliphatic hydroxyl groups excluding tert-OH is 2. The van der Waals surface area contributed by atoms with E-state index in [0.29, 0.717) is 32.3 Å². The van der Waals surface area contributed by atoms with Crippen LogP contribution in [0.25, 0.3) is 0 Å². The lowest BCUT2D eigenvalue weighted by Crippen LogP contribution is -2.48. The molecule has 0 aliphatic heterocycles. The zero-order chi connectivity index (χ0) is 25.4. The van der Waals surface area contributed by atoms with Crippen LogP contribution in [0.15, 0.2) is 30.3 Å². The molecule has 3 atom stereocenters. The molecule has 0 aliphatic carbocycles. The van der Waals surface area contributed by atoms with Crippen molar-refractivity contribution in [1.29, 1.82) is 0 Å². The van der Waals surface area contributed by atoms with Crippen molar-refractivity contribution in [2.45, 2.75) is 97.1 Å². The molecule has 1 rings (SSSR count). The third-order valence-electron chi connectivity index (χ3n) is 6.39. The van der Waals surface area contributed by atoms with Crippen LogP contribution < -0.4 is 5.32 Å². The van der Waals surface area contributed by atoms with Crippen molar-refractivity contribution in [2.75, 3.05) is 20.3 Å². The van der Waals surface area contributed by atoms with E-state index in [0.717, 1.165) is 18.4 Å². The summed E-state index contributed by atoms with van der Waals surface area (Å²) in [6.07, 6.45) is 7.70. The number of carbonyl (C=O) groups excluding carboxylic acids is 2. The third kappa shape index (κ3) is 12.1. The molecule has 1 unspecified atom stereocenters. The average molecular weight is 478 g/mol. The lowest BCUT2D eigenvalue weighted by Gasteiger charge is -2.27. The Balaban J connectivity index is 2.78. The van der Waals surface area contributed by atoms with E-state index in [1.807, 2.05) is 30.3 Å². The van der Waals surface area contributed by atoms with Gasteiger partial charge in [0.05, 0.1) is 24.2 Å². The molecule has 0 aliphatic rings. The minimum absolute atomic E-state index is 0.00589. The van der Waals surface area contributed by atoms with Crippen LogP contribution >= 0.6 is 0 Å². The van der Waals surface area contributed by atoms with Crippen LogP contribution in [0.2, 0.25) is 0 Å². The number of ether oxygens (including phenoxy) is 1. The average Bonchev–Trinajstić information content (AvgIpc) is 2.82. The Labute approximate surface area is 206 Å². The van der Waals surface area contributed by atoms with Gasteiger partial charge in [0, 0.05) is 20.1 Å². The fraction of sp³-hybridized carbons (Fsp3) is 0.714. The fourth-order valence-electron chi connectivity index (χ4n) is 4.03. The summed E-state index contributed by atoms with van der Waals surface area (Å²) in [5.41, 5.74) is 0.157. The molecule has 34 heavy (non-hydrogen) atoms. The zero-order valence-electron chi connectivity index (χ0n) is 21.7. The summed E-state index contributed by atoms with van der Waals surface area (Å²) >= 11 is 0. The Morgan fingerprint density at radius 1 is 1.03 bits per heavy atom. The Hall–Kier alpha value is -1.76. The predicted molar refractivity (Wildman–Crippen MR) is 137 cm³/mol. The van der Waals surface area contributed by atoms with Crippen LogP contribution in [-0.2, 0) is 20.7 Å². The second kappa shape index (κ2) is 16.8. The number of carbonyl (C=O) groups is 2. The van der Waals surface area contributed by atoms with E-state index in [4.69, 9.17) is 4.74 Å². The maximum atomic E-state index is 13.3. The van der Waals surface area contributed by atoms with Crippen molar-refractivity contribution in [1.82, 2.24) is 5.32 Å². The van der Waals surface area contributed by atoms with Crippen LogP contribution in [0.4, 0.5) is 0 Å². The van der Waals surface area contributed by atoms with Gasteiger partial charge in [-0.25, -0.2) is 0 Å². The minimum atomic E-state index is -0.980. The molecule has 6 heteroatoms. The fourth-order valence-corrected chi connectivity index (χ4v) is 4.03. The highest BCUT2D eigenvalue weighted by atomic mass is 16.5. The molecule has 0 fully saturated rings. The summed E-state index contributed by atoms with van der Waals surface area (Å²) < 4.78 is 5.37. The molecule has 0 saturated carbocycles. The van der Waals surface area contributed by atoms with Gasteiger partial charge < -0.3 is 20.3 Å². The number of Topliss-reactive ketones (excluding diaryl/α,β-unsaturated/α-hetero) is 1. The van der Waals surface area contributed by atoms with Crippen LogP contribution in [0, 0.1) is 11.3 Å². The van der Waals surface area contributed by atoms with Crippen molar-refractivity contribution in [3.63, 3.8) is 0 Å². The Bertz CT molecular complexity index is 691. The first-order valence-electron chi connectivity index (χ1n) is 12.9. The van der Waals surface area contributed by atoms with Gasteiger partial charge in [-0.1, -0.05) is 69.4 Å². The number of hydrogen-bond donors (Lipinski definition) is 3. The maximum absolute atomic E-state index is 13.3. The van der Waals surface area contributed by atoms with Gasteiger partial charge in [-0.15, -0.1) is 0 Å². The Morgan fingerprint density at radius 3 is 2.32 bits per heavy atom. The van der Waals surface area contributed by atoms with Gasteiger partial charge in [-0.3, -0.25) is 9.59 Å². The molecular weight excluding hydrogens is 430 g/mol. The summed E-state index contributed by atoms with van der Waals surface area (Å²) in [6, 6.07) is 9.29. The normalized spacial score (nSPS) is 14.4. The summed E-state index contributed by atoms with van der Waals surface area (Å²) in [4.78, 5) is 26.0. The molecule has 0 bridgehead atoms. The number of methoxy groups -OCH3 is 1. The highest BCUT2D eigenvalue weighted by Crippen LogP contribution is 2.20. The van der Waals surface area contributed by atoms with Crippen molar-refractivity contribution in [3.8, 4) is 0 Å². The molecule has 1 aromatic carbocycles. The molecule has 194 valence electrons. The molecule has 6 nitrogen and oxygen atoms in total. The predicted octanol–water partition coefficient (Wildman–Crippen LogP) is 4.46. The van der Waals surface area contributed by atoms with Gasteiger partial charge in [0.1, 0.15) is 0 Å². The number of nitrogens with one attached hydrogen (secondary N) is 1. The molecule has 0 radical (unpaired) electrons. The molecular formula is C28H47NO5. The summed E-state index contributed by atoms with van der Waals surface area (Å²) in [6.45, 7) is 5.62. The van der Waals surface area contributed by atoms with Crippen molar-refractivity contribution in [2.24, 2.45) is 11.3 Å². The van der Waals surface area contributed by atoms with Crippen LogP contribution in [0.3, 0.4) is 0 Å². The molecule has 0 saturated heterocycles. The molecule has 0 spiro atoms. The second-order valence-corrected chi connectivity index (χ2v) is 10.2. The molecule has 1 amide bonds. The Kier molecular flexibility index (Phi) is 15.0. The largest absolute Gasteiger partial charge is 0.395 e. The van der Waals surface area contributed by atoms with E-state index in [1.54, 1.807) is 21.0 Å².